The number of methoxy groups -OCH3 is 1. The standard InChI is InChI=1S/C12H18BrNO3S/c1-8(10-4-5-11(13)18-10)12(16)14(2)6-9(15)7-17-3/h4-5,8-9,15H,6-7H2,1-3H3. The topological polar surface area (TPSA) is 49.8 Å². The first-order valence-corrected chi connectivity index (χ1v) is 7.23. The van der Waals surface area contributed by atoms with Crippen molar-refractivity contribution in [3.05, 3.63) is 20.8 Å². The number of carbonyl (C=O) groups excluding carboxylic acids is 1. The van der Waals surface area contributed by atoms with Gasteiger partial charge in [0.05, 0.1) is 22.4 Å². The van der Waals surface area contributed by atoms with Gasteiger partial charge in [-0.05, 0) is 35.0 Å². The van der Waals surface area contributed by atoms with E-state index in [1.807, 2.05) is 19.1 Å². The van der Waals surface area contributed by atoms with Gasteiger partial charge in [0.25, 0.3) is 0 Å². The van der Waals surface area contributed by atoms with Crippen LogP contribution in [-0.2, 0) is 9.53 Å². The maximum absolute atomic E-state index is 12.2. The van der Waals surface area contributed by atoms with Crippen molar-refractivity contribution < 1.29 is 14.6 Å². The van der Waals surface area contributed by atoms with E-state index in [1.54, 1.807) is 23.3 Å². The molecule has 1 rings (SSSR count). The fraction of sp³-hybridized carbons (Fsp3) is 0.583. The summed E-state index contributed by atoms with van der Waals surface area (Å²) in [4.78, 5) is 14.7. The number of hydrogen-bond donors (Lipinski definition) is 1. The molecule has 2 atom stereocenters. The highest BCUT2D eigenvalue weighted by Gasteiger charge is 2.22. The Hall–Kier alpha value is -0.430. The largest absolute Gasteiger partial charge is 0.389 e. The number of nitrogens with zero attached hydrogens (tertiary/aromatic N) is 1. The van der Waals surface area contributed by atoms with Crippen molar-refractivity contribution in [3.8, 4) is 0 Å². The lowest BCUT2D eigenvalue weighted by Gasteiger charge is -2.23. The quantitative estimate of drug-likeness (QED) is 0.865. The van der Waals surface area contributed by atoms with Crippen molar-refractivity contribution >= 4 is 33.2 Å². The average molecular weight is 336 g/mol. The summed E-state index contributed by atoms with van der Waals surface area (Å²) in [6.07, 6.45) is -0.647. The van der Waals surface area contributed by atoms with Crippen molar-refractivity contribution in [2.75, 3.05) is 27.3 Å². The van der Waals surface area contributed by atoms with Gasteiger partial charge in [0.2, 0.25) is 5.91 Å². The normalized spacial score (nSPS) is 14.3. The van der Waals surface area contributed by atoms with Crippen LogP contribution in [0.3, 0.4) is 0 Å². The van der Waals surface area contributed by atoms with Crippen molar-refractivity contribution in [2.24, 2.45) is 0 Å². The van der Waals surface area contributed by atoms with Gasteiger partial charge in [0.1, 0.15) is 0 Å². The van der Waals surface area contributed by atoms with Gasteiger partial charge in [0, 0.05) is 25.6 Å². The van der Waals surface area contributed by atoms with E-state index in [4.69, 9.17) is 4.74 Å². The molecule has 0 saturated heterocycles. The Labute approximate surface area is 120 Å². The van der Waals surface area contributed by atoms with Crippen LogP contribution in [0, 0.1) is 0 Å². The molecule has 0 aromatic carbocycles. The zero-order chi connectivity index (χ0) is 13.7. The second-order valence-electron chi connectivity index (χ2n) is 4.19. The Balaban J connectivity index is 2.58. The van der Waals surface area contributed by atoms with E-state index in [1.165, 1.54) is 7.11 Å². The lowest BCUT2D eigenvalue weighted by atomic mass is 10.1. The molecule has 2 unspecified atom stereocenters. The third kappa shape index (κ3) is 4.35. The molecule has 0 saturated carbocycles. The Kier molecular flexibility index (Phi) is 6.28. The van der Waals surface area contributed by atoms with Gasteiger partial charge < -0.3 is 14.7 Å². The number of aliphatic hydroxyl groups is 1. The van der Waals surface area contributed by atoms with E-state index in [0.29, 0.717) is 0 Å². The lowest BCUT2D eigenvalue weighted by Crippen LogP contribution is -2.38. The third-order valence-corrected chi connectivity index (χ3v) is 4.42. The molecule has 0 aliphatic carbocycles. The third-order valence-electron chi connectivity index (χ3n) is 2.61. The van der Waals surface area contributed by atoms with Crippen LogP contribution in [0.1, 0.15) is 17.7 Å². The number of aliphatic hydroxyl groups excluding tert-OH is 1. The number of likely N-dealkylation sites (N-methyl/N-ethyl adjacent to an activating group) is 1. The molecule has 0 aliphatic rings. The molecule has 0 radical (unpaired) electrons. The maximum atomic E-state index is 12.2. The Morgan fingerprint density at radius 2 is 2.28 bits per heavy atom. The summed E-state index contributed by atoms with van der Waals surface area (Å²) in [6.45, 7) is 2.39. The van der Waals surface area contributed by atoms with E-state index < -0.39 is 6.10 Å². The highest BCUT2D eigenvalue weighted by atomic mass is 79.9. The molecule has 102 valence electrons. The summed E-state index contributed by atoms with van der Waals surface area (Å²) < 4.78 is 5.85. The van der Waals surface area contributed by atoms with Crippen LogP contribution in [0.4, 0.5) is 0 Å². The Morgan fingerprint density at radius 1 is 1.61 bits per heavy atom. The minimum absolute atomic E-state index is 0.000460. The molecule has 18 heavy (non-hydrogen) atoms. The summed E-state index contributed by atoms with van der Waals surface area (Å²) in [5.41, 5.74) is 0. The molecule has 1 aromatic rings. The molecule has 1 N–H and O–H groups in total. The number of amides is 1. The fourth-order valence-corrected chi connectivity index (χ4v) is 3.13. The van der Waals surface area contributed by atoms with Crippen LogP contribution in [0.15, 0.2) is 15.9 Å². The molecule has 0 bridgehead atoms. The van der Waals surface area contributed by atoms with Crippen LogP contribution in [0.25, 0.3) is 0 Å². The number of thiophene rings is 1. The first-order valence-electron chi connectivity index (χ1n) is 5.63. The second kappa shape index (κ2) is 7.23. The zero-order valence-electron chi connectivity index (χ0n) is 10.7. The van der Waals surface area contributed by atoms with Gasteiger partial charge in [0.15, 0.2) is 0 Å². The van der Waals surface area contributed by atoms with E-state index in [-0.39, 0.29) is 25.0 Å². The summed E-state index contributed by atoms with van der Waals surface area (Å²) in [6, 6.07) is 3.88. The first-order chi connectivity index (χ1) is 8.45. The van der Waals surface area contributed by atoms with Crippen molar-refractivity contribution in [3.63, 3.8) is 0 Å². The van der Waals surface area contributed by atoms with Crippen LogP contribution >= 0.6 is 27.3 Å². The van der Waals surface area contributed by atoms with E-state index in [0.717, 1.165) is 8.66 Å². The summed E-state index contributed by atoms with van der Waals surface area (Å²) in [5, 5.41) is 9.60. The molecule has 1 aromatic heterocycles. The van der Waals surface area contributed by atoms with Gasteiger partial charge in [-0.25, -0.2) is 0 Å². The summed E-state index contributed by atoms with van der Waals surface area (Å²) >= 11 is 4.94. The number of carbonyl (C=O) groups is 1. The highest BCUT2D eigenvalue weighted by Crippen LogP contribution is 2.29. The van der Waals surface area contributed by atoms with Gasteiger partial charge in [-0.15, -0.1) is 11.3 Å². The van der Waals surface area contributed by atoms with Crippen molar-refractivity contribution in [1.29, 1.82) is 0 Å². The molecular weight excluding hydrogens is 318 g/mol. The van der Waals surface area contributed by atoms with Gasteiger partial charge >= 0.3 is 0 Å². The SMILES string of the molecule is COCC(O)CN(C)C(=O)C(C)c1ccc(Br)s1. The van der Waals surface area contributed by atoms with Gasteiger partial charge in [-0.2, -0.15) is 0 Å². The van der Waals surface area contributed by atoms with Gasteiger partial charge in [-0.3, -0.25) is 4.79 Å². The molecule has 6 heteroatoms. The number of hydrogen-bond acceptors (Lipinski definition) is 4. The minimum atomic E-state index is -0.647. The first kappa shape index (κ1) is 15.6. The fourth-order valence-electron chi connectivity index (χ4n) is 1.66. The summed E-state index contributed by atoms with van der Waals surface area (Å²) in [7, 11) is 3.22. The molecule has 1 heterocycles. The zero-order valence-corrected chi connectivity index (χ0v) is 13.1. The molecule has 0 aliphatic heterocycles. The van der Waals surface area contributed by atoms with Crippen LogP contribution in [0.5, 0.6) is 0 Å². The van der Waals surface area contributed by atoms with E-state index >= 15 is 0 Å². The molecule has 4 nitrogen and oxygen atoms in total. The highest BCUT2D eigenvalue weighted by molar-refractivity contribution is 9.11. The monoisotopic (exact) mass is 335 g/mol. The lowest BCUT2D eigenvalue weighted by molar-refractivity contribution is -0.132. The average Bonchev–Trinajstić information content (AvgIpc) is 2.74. The number of halogens is 1. The predicted molar refractivity (Wildman–Crippen MR) is 76.0 cm³/mol. The molecular formula is C12H18BrNO3S. The molecule has 0 fully saturated rings. The van der Waals surface area contributed by atoms with E-state index in [2.05, 4.69) is 15.9 Å². The van der Waals surface area contributed by atoms with Crippen molar-refractivity contribution in [1.82, 2.24) is 4.90 Å². The number of rotatable bonds is 6. The summed E-state index contributed by atoms with van der Waals surface area (Å²) in [5.74, 6) is -0.194. The molecule has 0 spiro atoms. The van der Waals surface area contributed by atoms with Gasteiger partial charge in [-0.1, -0.05) is 0 Å². The smallest absolute Gasteiger partial charge is 0.230 e. The molecule has 1 amide bonds. The Morgan fingerprint density at radius 3 is 2.78 bits per heavy atom. The predicted octanol–water partition coefficient (Wildman–Crippen LogP) is 2.08. The van der Waals surface area contributed by atoms with E-state index in [9.17, 15) is 9.90 Å². The Bertz CT molecular complexity index is 396. The van der Waals surface area contributed by atoms with Crippen LogP contribution in [-0.4, -0.2) is 49.3 Å². The van der Waals surface area contributed by atoms with Crippen LogP contribution < -0.4 is 0 Å². The maximum Gasteiger partial charge on any atom is 0.230 e. The van der Waals surface area contributed by atoms with Crippen LogP contribution in [0.2, 0.25) is 0 Å². The van der Waals surface area contributed by atoms with Crippen molar-refractivity contribution in [2.45, 2.75) is 18.9 Å². The second-order valence-corrected chi connectivity index (χ2v) is 6.69. The number of ether oxygens (including phenoxy) is 1. The minimum Gasteiger partial charge on any atom is -0.389 e.